The van der Waals surface area contributed by atoms with E-state index in [9.17, 15) is 9.90 Å². The minimum Gasteiger partial charge on any atom is -0.505 e. The molecule has 3 rings (SSSR count). The van der Waals surface area contributed by atoms with Crippen LogP contribution >= 0.6 is 0 Å². The number of nitrogens with one attached hydrogen (secondary N) is 1. The van der Waals surface area contributed by atoms with E-state index in [1.165, 1.54) is 12.1 Å². The molecule has 0 unspecified atom stereocenters. The van der Waals surface area contributed by atoms with E-state index in [1.54, 1.807) is 24.3 Å². The fourth-order valence-corrected chi connectivity index (χ4v) is 1.92. The first-order valence-electron chi connectivity index (χ1n) is 5.93. The second kappa shape index (κ2) is 4.65. The Morgan fingerprint density at radius 3 is 2.85 bits per heavy atom. The van der Waals surface area contributed by atoms with Crippen LogP contribution in [-0.4, -0.2) is 17.8 Å². The molecule has 102 valence electrons. The van der Waals surface area contributed by atoms with Crippen LogP contribution < -0.4 is 20.5 Å². The van der Waals surface area contributed by atoms with Gasteiger partial charge in [0.05, 0.1) is 11.3 Å². The molecule has 0 saturated heterocycles. The van der Waals surface area contributed by atoms with E-state index in [-0.39, 0.29) is 23.8 Å². The Kier molecular flexibility index (Phi) is 2.83. The van der Waals surface area contributed by atoms with Crippen molar-refractivity contribution in [2.75, 3.05) is 17.8 Å². The van der Waals surface area contributed by atoms with Gasteiger partial charge in [0.1, 0.15) is 0 Å². The van der Waals surface area contributed by atoms with Crippen molar-refractivity contribution in [1.29, 1.82) is 0 Å². The summed E-state index contributed by atoms with van der Waals surface area (Å²) in [6.45, 7) is 0.169. The summed E-state index contributed by atoms with van der Waals surface area (Å²) in [5.41, 5.74) is 6.37. The minimum absolute atomic E-state index is 0.114. The molecule has 0 atom stereocenters. The van der Waals surface area contributed by atoms with Crippen LogP contribution in [0.2, 0.25) is 0 Å². The van der Waals surface area contributed by atoms with Crippen molar-refractivity contribution in [3.05, 3.63) is 42.0 Å². The molecule has 2 aromatic carbocycles. The highest BCUT2D eigenvalue weighted by atomic mass is 16.7. The lowest BCUT2D eigenvalue weighted by molar-refractivity contribution is 0.102. The SMILES string of the molecule is Nc1cccc(C(=O)Nc2ccc3c(c2)OCO3)c1O. The number of rotatable bonds is 2. The van der Waals surface area contributed by atoms with Crippen LogP contribution in [0.4, 0.5) is 11.4 Å². The average Bonchev–Trinajstić information content (AvgIpc) is 2.89. The van der Waals surface area contributed by atoms with Gasteiger partial charge in [-0.3, -0.25) is 4.79 Å². The maximum Gasteiger partial charge on any atom is 0.259 e. The maximum absolute atomic E-state index is 12.1. The number of para-hydroxylation sites is 1. The monoisotopic (exact) mass is 272 g/mol. The Morgan fingerprint density at radius 2 is 2.00 bits per heavy atom. The summed E-state index contributed by atoms with van der Waals surface area (Å²) in [6.07, 6.45) is 0. The maximum atomic E-state index is 12.1. The fraction of sp³-hybridized carbons (Fsp3) is 0.0714. The number of aromatic hydroxyl groups is 1. The van der Waals surface area contributed by atoms with Crippen molar-refractivity contribution in [3.8, 4) is 17.2 Å². The number of phenolic OH excluding ortho intramolecular Hbond substituents is 1. The van der Waals surface area contributed by atoms with E-state index in [0.29, 0.717) is 17.2 Å². The number of carbonyl (C=O) groups is 1. The number of amides is 1. The quantitative estimate of drug-likeness (QED) is 0.574. The van der Waals surface area contributed by atoms with Gasteiger partial charge in [0.2, 0.25) is 6.79 Å². The average molecular weight is 272 g/mol. The Balaban J connectivity index is 1.84. The van der Waals surface area contributed by atoms with Crippen LogP contribution in [0.5, 0.6) is 17.2 Å². The van der Waals surface area contributed by atoms with Crippen LogP contribution in [0, 0.1) is 0 Å². The van der Waals surface area contributed by atoms with E-state index in [1.807, 2.05) is 0 Å². The molecule has 0 spiro atoms. The highest BCUT2D eigenvalue weighted by Gasteiger charge is 2.16. The zero-order valence-corrected chi connectivity index (χ0v) is 10.4. The van der Waals surface area contributed by atoms with Gasteiger partial charge in [0.15, 0.2) is 17.2 Å². The third kappa shape index (κ3) is 2.07. The van der Waals surface area contributed by atoms with Crippen molar-refractivity contribution in [1.82, 2.24) is 0 Å². The topological polar surface area (TPSA) is 93.8 Å². The first-order valence-corrected chi connectivity index (χ1v) is 5.93. The Bertz CT molecular complexity index is 685. The highest BCUT2D eigenvalue weighted by Crippen LogP contribution is 2.34. The van der Waals surface area contributed by atoms with Gasteiger partial charge >= 0.3 is 0 Å². The summed E-state index contributed by atoms with van der Waals surface area (Å²) in [7, 11) is 0. The van der Waals surface area contributed by atoms with Crippen molar-refractivity contribution in [2.24, 2.45) is 0 Å². The molecule has 0 fully saturated rings. The van der Waals surface area contributed by atoms with Gasteiger partial charge in [0, 0.05) is 11.8 Å². The molecule has 20 heavy (non-hydrogen) atoms. The standard InChI is InChI=1S/C14H12N2O4/c15-10-3-1-2-9(13(10)17)14(18)16-8-4-5-11-12(6-8)20-7-19-11/h1-6,17H,7,15H2,(H,16,18). The summed E-state index contributed by atoms with van der Waals surface area (Å²) in [4.78, 5) is 12.1. The van der Waals surface area contributed by atoms with Gasteiger partial charge in [-0.1, -0.05) is 6.07 Å². The Morgan fingerprint density at radius 1 is 1.20 bits per heavy atom. The first-order chi connectivity index (χ1) is 9.65. The predicted molar refractivity (Wildman–Crippen MR) is 73.0 cm³/mol. The lowest BCUT2D eigenvalue weighted by Gasteiger charge is -2.08. The number of nitrogen functional groups attached to an aromatic ring is 1. The zero-order valence-electron chi connectivity index (χ0n) is 10.4. The van der Waals surface area contributed by atoms with Gasteiger partial charge in [0.25, 0.3) is 5.91 Å². The smallest absolute Gasteiger partial charge is 0.259 e. The number of ether oxygens (including phenoxy) is 2. The van der Waals surface area contributed by atoms with Crippen molar-refractivity contribution in [3.63, 3.8) is 0 Å². The molecule has 0 saturated carbocycles. The van der Waals surface area contributed by atoms with Gasteiger partial charge in [-0.05, 0) is 24.3 Å². The number of fused-ring (bicyclic) bond motifs is 1. The molecule has 6 nitrogen and oxygen atoms in total. The van der Waals surface area contributed by atoms with Crippen molar-refractivity contribution < 1.29 is 19.4 Å². The third-order valence-electron chi connectivity index (χ3n) is 2.94. The molecular formula is C14H12N2O4. The van der Waals surface area contributed by atoms with Gasteiger partial charge < -0.3 is 25.6 Å². The van der Waals surface area contributed by atoms with Crippen LogP contribution in [-0.2, 0) is 0 Å². The van der Waals surface area contributed by atoms with E-state index >= 15 is 0 Å². The van der Waals surface area contributed by atoms with Crippen LogP contribution in [0.15, 0.2) is 36.4 Å². The summed E-state index contributed by atoms with van der Waals surface area (Å²) >= 11 is 0. The van der Waals surface area contributed by atoms with Crippen LogP contribution in [0.3, 0.4) is 0 Å². The Hall–Kier alpha value is -2.89. The number of carbonyl (C=O) groups excluding carboxylic acids is 1. The first kappa shape index (κ1) is 12.2. The molecule has 4 N–H and O–H groups in total. The molecule has 0 aromatic heterocycles. The van der Waals surface area contributed by atoms with Crippen LogP contribution in [0.1, 0.15) is 10.4 Å². The predicted octanol–water partition coefficient (Wildman–Crippen LogP) is 1.96. The zero-order chi connectivity index (χ0) is 14.1. The summed E-state index contributed by atoms with van der Waals surface area (Å²) < 4.78 is 10.4. The van der Waals surface area contributed by atoms with E-state index < -0.39 is 5.91 Å². The largest absolute Gasteiger partial charge is 0.505 e. The molecule has 0 radical (unpaired) electrons. The normalized spacial score (nSPS) is 12.2. The molecule has 0 aliphatic carbocycles. The van der Waals surface area contributed by atoms with Crippen molar-refractivity contribution >= 4 is 17.3 Å². The molecular weight excluding hydrogens is 260 g/mol. The fourth-order valence-electron chi connectivity index (χ4n) is 1.92. The van der Waals surface area contributed by atoms with Gasteiger partial charge in [-0.25, -0.2) is 0 Å². The number of anilines is 2. The molecule has 1 aliphatic rings. The number of phenols is 1. The number of nitrogens with two attached hydrogens (primary N) is 1. The van der Waals surface area contributed by atoms with E-state index in [0.717, 1.165) is 0 Å². The summed E-state index contributed by atoms with van der Waals surface area (Å²) in [5, 5.41) is 12.4. The molecule has 6 heteroatoms. The van der Waals surface area contributed by atoms with Crippen molar-refractivity contribution in [2.45, 2.75) is 0 Å². The molecule has 1 aliphatic heterocycles. The number of hydrogen-bond donors (Lipinski definition) is 3. The second-order valence-corrected chi connectivity index (χ2v) is 4.27. The van der Waals surface area contributed by atoms with Crippen LogP contribution in [0.25, 0.3) is 0 Å². The molecule has 1 amide bonds. The van der Waals surface area contributed by atoms with Gasteiger partial charge in [-0.2, -0.15) is 0 Å². The highest BCUT2D eigenvalue weighted by molar-refractivity contribution is 6.07. The summed E-state index contributed by atoms with van der Waals surface area (Å²) in [5.74, 6) is 0.522. The van der Waals surface area contributed by atoms with Gasteiger partial charge in [-0.15, -0.1) is 0 Å². The van der Waals surface area contributed by atoms with E-state index in [4.69, 9.17) is 15.2 Å². The minimum atomic E-state index is -0.450. The lowest BCUT2D eigenvalue weighted by Crippen LogP contribution is -2.12. The molecule has 1 heterocycles. The number of benzene rings is 2. The third-order valence-corrected chi connectivity index (χ3v) is 2.94. The lowest BCUT2D eigenvalue weighted by atomic mass is 10.1. The Labute approximate surface area is 114 Å². The summed E-state index contributed by atoms with van der Waals surface area (Å²) in [6, 6.07) is 9.67. The van der Waals surface area contributed by atoms with E-state index in [2.05, 4.69) is 5.32 Å². The molecule has 0 bridgehead atoms. The second-order valence-electron chi connectivity index (χ2n) is 4.27. The molecule has 2 aromatic rings. The number of hydrogen-bond acceptors (Lipinski definition) is 5.